The summed E-state index contributed by atoms with van der Waals surface area (Å²) in [5.41, 5.74) is 1.50. The molecule has 3 nitrogen and oxygen atoms in total. The minimum Gasteiger partial charge on any atom is -0.345 e. The zero-order valence-electron chi connectivity index (χ0n) is 11.0. The van der Waals surface area contributed by atoms with Crippen molar-refractivity contribution < 1.29 is 4.79 Å². The van der Waals surface area contributed by atoms with Crippen LogP contribution in [0, 0.1) is 11.3 Å². The number of hydrogen-bond donors (Lipinski definition) is 1. The average molecular weight is 282 g/mol. The molecular formula is C16H14N2OS. The Hall–Kier alpha value is -2.38. The van der Waals surface area contributed by atoms with Crippen molar-refractivity contribution in [1.29, 1.82) is 5.26 Å². The fraction of sp³-hybridized carbons (Fsp3) is 0.125. The Morgan fingerprint density at radius 2 is 2.10 bits per heavy atom. The molecule has 0 aliphatic heterocycles. The highest BCUT2D eigenvalue weighted by Crippen LogP contribution is 2.17. The highest BCUT2D eigenvalue weighted by atomic mass is 32.1. The average Bonchev–Trinajstić information content (AvgIpc) is 3.00. The van der Waals surface area contributed by atoms with Gasteiger partial charge in [0.15, 0.2) is 0 Å². The number of nitrogens with one attached hydrogen (secondary N) is 1. The van der Waals surface area contributed by atoms with Gasteiger partial charge in [-0.15, -0.1) is 11.3 Å². The Morgan fingerprint density at radius 3 is 2.70 bits per heavy atom. The Balaban J connectivity index is 1.93. The minimum atomic E-state index is -0.129. The molecule has 1 aromatic carbocycles. The van der Waals surface area contributed by atoms with Crippen molar-refractivity contribution in [2.75, 3.05) is 0 Å². The van der Waals surface area contributed by atoms with Crippen LogP contribution in [0.1, 0.15) is 29.0 Å². The van der Waals surface area contributed by atoms with E-state index in [-0.39, 0.29) is 11.9 Å². The first-order valence-electron chi connectivity index (χ1n) is 6.21. The molecule has 0 bridgehead atoms. The van der Waals surface area contributed by atoms with E-state index in [0.29, 0.717) is 5.56 Å². The second-order valence-corrected chi connectivity index (χ2v) is 5.29. The van der Waals surface area contributed by atoms with Gasteiger partial charge in [0.1, 0.15) is 0 Å². The summed E-state index contributed by atoms with van der Waals surface area (Å²) in [5.74, 6) is -0.129. The van der Waals surface area contributed by atoms with Gasteiger partial charge in [-0.1, -0.05) is 18.2 Å². The van der Waals surface area contributed by atoms with Crippen LogP contribution in [-0.4, -0.2) is 5.91 Å². The Morgan fingerprint density at radius 1 is 1.35 bits per heavy atom. The number of nitrogens with zero attached hydrogens (tertiary/aromatic N) is 1. The monoisotopic (exact) mass is 282 g/mol. The van der Waals surface area contributed by atoms with Crippen LogP contribution in [0.4, 0.5) is 0 Å². The molecule has 20 heavy (non-hydrogen) atoms. The number of amides is 1. The van der Waals surface area contributed by atoms with E-state index in [0.717, 1.165) is 10.4 Å². The minimum absolute atomic E-state index is 0.00751. The summed E-state index contributed by atoms with van der Waals surface area (Å²) in [5, 5.41) is 13.6. The van der Waals surface area contributed by atoms with Gasteiger partial charge in [-0.25, -0.2) is 0 Å². The molecule has 1 heterocycles. The van der Waals surface area contributed by atoms with E-state index >= 15 is 0 Å². The van der Waals surface area contributed by atoms with E-state index in [9.17, 15) is 4.79 Å². The van der Waals surface area contributed by atoms with Crippen molar-refractivity contribution in [3.63, 3.8) is 0 Å². The maximum absolute atomic E-state index is 11.8. The third kappa shape index (κ3) is 3.81. The van der Waals surface area contributed by atoms with Crippen LogP contribution < -0.4 is 5.32 Å². The second-order valence-electron chi connectivity index (χ2n) is 4.31. The number of nitriles is 1. The lowest BCUT2D eigenvalue weighted by Crippen LogP contribution is -2.23. The molecule has 1 N–H and O–H groups in total. The van der Waals surface area contributed by atoms with Crippen LogP contribution >= 0.6 is 11.3 Å². The standard InChI is InChI=1S/C16H14N2OS/c1-12(15-3-2-10-20-15)18-16(19)9-8-13-4-6-14(11-17)7-5-13/h2-10,12H,1H3,(H,18,19)/b9-8+. The number of rotatable bonds is 4. The van der Waals surface area contributed by atoms with Gasteiger partial charge in [0.25, 0.3) is 0 Å². The molecule has 0 fully saturated rings. The van der Waals surface area contributed by atoms with Crippen molar-refractivity contribution in [3.05, 3.63) is 63.9 Å². The molecule has 100 valence electrons. The molecule has 0 saturated carbocycles. The van der Waals surface area contributed by atoms with Gasteiger partial charge in [-0.3, -0.25) is 4.79 Å². The van der Waals surface area contributed by atoms with Crippen molar-refractivity contribution in [1.82, 2.24) is 5.32 Å². The van der Waals surface area contributed by atoms with Gasteiger partial charge < -0.3 is 5.32 Å². The summed E-state index contributed by atoms with van der Waals surface area (Å²) in [6.07, 6.45) is 3.24. The Labute approximate surface area is 122 Å². The van der Waals surface area contributed by atoms with Crippen LogP contribution in [0.5, 0.6) is 0 Å². The van der Waals surface area contributed by atoms with E-state index in [4.69, 9.17) is 5.26 Å². The van der Waals surface area contributed by atoms with E-state index < -0.39 is 0 Å². The highest BCUT2D eigenvalue weighted by molar-refractivity contribution is 7.10. The summed E-state index contributed by atoms with van der Waals surface area (Å²) < 4.78 is 0. The van der Waals surface area contributed by atoms with Crippen LogP contribution in [0.3, 0.4) is 0 Å². The predicted molar refractivity (Wildman–Crippen MR) is 81.1 cm³/mol. The van der Waals surface area contributed by atoms with E-state index in [2.05, 4.69) is 11.4 Å². The van der Waals surface area contributed by atoms with Gasteiger partial charge in [0.2, 0.25) is 5.91 Å². The lowest BCUT2D eigenvalue weighted by Gasteiger charge is -2.09. The van der Waals surface area contributed by atoms with E-state index in [1.807, 2.05) is 36.6 Å². The number of hydrogen-bond acceptors (Lipinski definition) is 3. The summed E-state index contributed by atoms with van der Waals surface area (Å²) in [6, 6.07) is 13.1. The molecule has 0 radical (unpaired) electrons. The summed E-state index contributed by atoms with van der Waals surface area (Å²) >= 11 is 1.62. The first kappa shape index (κ1) is 14.0. The van der Waals surface area contributed by atoms with Crippen molar-refractivity contribution in [2.45, 2.75) is 13.0 Å². The molecule has 4 heteroatoms. The van der Waals surface area contributed by atoms with Gasteiger partial charge in [-0.2, -0.15) is 5.26 Å². The summed E-state index contributed by atoms with van der Waals surface area (Å²) in [4.78, 5) is 12.9. The molecule has 0 spiro atoms. The maximum atomic E-state index is 11.8. The quantitative estimate of drug-likeness (QED) is 0.872. The smallest absolute Gasteiger partial charge is 0.244 e. The third-order valence-corrected chi connectivity index (χ3v) is 3.85. The number of thiophene rings is 1. The van der Waals surface area contributed by atoms with Crippen LogP contribution in [-0.2, 0) is 4.79 Å². The molecule has 1 unspecified atom stereocenters. The predicted octanol–water partition coefficient (Wildman–Crippen LogP) is 3.51. The summed E-state index contributed by atoms with van der Waals surface area (Å²) in [7, 11) is 0. The highest BCUT2D eigenvalue weighted by Gasteiger charge is 2.07. The normalized spacial score (nSPS) is 12.0. The first-order chi connectivity index (χ1) is 9.69. The number of carbonyl (C=O) groups is 1. The fourth-order valence-electron chi connectivity index (χ4n) is 1.71. The lowest BCUT2D eigenvalue weighted by molar-refractivity contribution is -0.117. The van der Waals surface area contributed by atoms with Crippen molar-refractivity contribution in [2.24, 2.45) is 0 Å². The van der Waals surface area contributed by atoms with Crippen LogP contribution in [0.25, 0.3) is 6.08 Å². The lowest BCUT2D eigenvalue weighted by atomic mass is 10.1. The summed E-state index contributed by atoms with van der Waals surface area (Å²) in [6.45, 7) is 1.96. The Kier molecular flexibility index (Phi) is 4.70. The molecule has 0 aliphatic carbocycles. The molecule has 1 atom stereocenters. The van der Waals surface area contributed by atoms with Gasteiger partial charge >= 0.3 is 0 Å². The Bertz CT molecular complexity index is 636. The first-order valence-corrected chi connectivity index (χ1v) is 7.09. The van der Waals surface area contributed by atoms with E-state index in [1.165, 1.54) is 6.08 Å². The fourth-order valence-corrected chi connectivity index (χ4v) is 2.45. The maximum Gasteiger partial charge on any atom is 0.244 e. The molecular weight excluding hydrogens is 268 g/mol. The SMILES string of the molecule is CC(NC(=O)/C=C/c1ccc(C#N)cc1)c1cccs1. The third-order valence-electron chi connectivity index (χ3n) is 2.80. The molecule has 2 aromatic rings. The van der Waals surface area contributed by atoms with Crippen molar-refractivity contribution in [3.8, 4) is 6.07 Å². The zero-order chi connectivity index (χ0) is 14.4. The molecule has 1 aromatic heterocycles. The molecule has 2 rings (SSSR count). The van der Waals surface area contributed by atoms with Gasteiger partial charge in [0, 0.05) is 11.0 Å². The number of benzene rings is 1. The molecule has 0 saturated heterocycles. The van der Waals surface area contributed by atoms with Crippen LogP contribution in [0.2, 0.25) is 0 Å². The zero-order valence-corrected chi connectivity index (χ0v) is 11.9. The van der Waals surface area contributed by atoms with Gasteiger partial charge in [0.05, 0.1) is 17.7 Å². The van der Waals surface area contributed by atoms with Crippen molar-refractivity contribution >= 4 is 23.3 Å². The molecule has 1 amide bonds. The van der Waals surface area contributed by atoms with E-state index in [1.54, 1.807) is 29.5 Å². The number of carbonyl (C=O) groups excluding carboxylic acids is 1. The largest absolute Gasteiger partial charge is 0.345 e. The topological polar surface area (TPSA) is 52.9 Å². The second kappa shape index (κ2) is 6.69. The van der Waals surface area contributed by atoms with Crippen LogP contribution in [0.15, 0.2) is 47.9 Å². The van der Waals surface area contributed by atoms with Gasteiger partial charge in [-0.05, 0) is 42.1 Å². The molecule has 0 aliphatic rings.